The first-order valence-corrected chi connectivity index (χ1v) is 12.9. The van der Waals surface area contributed by atoms with Gasteiger partial charge in [0, 0.05) is 20.0 Å². The van der Waals surface area contributed by atoms with Crippen LogP contribution in [0.1, 0.15) is 50.3 Å². The Morgan fingerprint density at radius 1 is 1.00 bits per heavy atom. The number of aliphatic hydroxyl groups is 1. The number of unbranched alkanes of at least 4 members (excludes halogenated alkanes) is 1. The molecule has 9 nitrogen and oxygen atoms in total. The summed E-state index contributed by atoms with van der Waals surface area (Å²) in [5.41, 5.74) is 1.40. The number of cyclic esters (lactones) is 1. The SMILES string of the molecule is CC(=O)OC(C(=O)C=CC(=O)CCCCO)C(Cc1ccccc1)C(=O)N1C(=O)OC(c2ccccc2)C1C. The van der Waals surface area contributed by atoms with E-state index in [-0.39, 0.29) is 25.2 Å². The van der Waals surface area contributed by atoms with Crippen LogP contribution in [0, 0.1) is 5.92 Å². The minimum absolute atomic E-state index is 0.00580. The summed E-state index contributed by atoms with van der Waals surface area (Å²) in [7, 11) is 0. The Labute approximate surface area is 227 Å². The van der Waals surface area contributed by atoms with Crippen LogP contribution in [0.15, 0.2) is 72.8 Å². The quantitative estimate of drug-likeness (QED) is 0.233. The summed E-state index contributed by atoms with van der Waals surface area (Å²) in [6.07, 6.45) is -0.0351. The number of carbonyl (C=O) groups excluding carboxylic acids is 5. The predicted molar refractivity (Wildman–Crippen MR) is 141 cm³/mol. The van der Waals surface area contributed by atoms with Gasteiger partial charge >= 0.3 is 12.1 Å². The highest BCUT2D eigenvalue weighted by Crippen LogP contribution is 2.34. The molecule has 2 aromatic rings. The molecule has 2 amide bonds. The number of benzene rings is 2. The Morgan fingerprint density at radius 3 is 2.26 bits per heavy atom. The van der Waals surface area contributed by atoms with Crippen LogP contribution in [0.25, 0.3) is 0 Å². The summed E-state index contributed by atoms with van der Waals surface area (Å²) in [6, 6.07) is 17.1. The number of imide groups is 1. The zero-order chi connectivity index (χ0) is 28.4. The van der Waals surface area contributed by atoms with Crippen LogP contribution in [0.4, 0.5) is 4.79 Å². The van der Waals surface area contributed by atoms with E-state index in [0.717, 1.165) is 24.0 Å². The molecule has 9 heteroatoms. The topological polar surface area (TPSA) is 127 Å². The highest BCUT2D eigenvalue weighted by Gasteiger charge is 2.48. The molecule has 206 valence electrons. The average molecular weight is 536 g/mol. The Kier molecular flexibility index (Phi) is 10.7. The average Bonchev–Trinajstić information content (AvgIpc) is 3.23. The van der Waals surface area contributed by atoms with E-state index < -0.39 is 47.9 Å². The monoisotopic (exact) mass is 535 g/mol. The maximum absolute atomic E-state index is 14.0. The molecule has 1 aliphatic heterocycles. The molecule has 1 N–H and O–H groups in total. The lowest BCUT2D eigenvalue weighted by Crippen LogP contribution is -2.48. The number of rotatable bonds is 13. The second kappa shape index (κ2) is 14.2. The van der Waals surface area contributed by atoms with E-state index in [1.807, 2.05) is 6.07 Å². The molecule has 4 atom stereocenters. The van der Waals surface area contributed by atoms with Gasteiger partial charge in [0.25, 0.3) is 0 Å². The Bertz CT molecular complexity index is 1190. The molecule has 0 aromatic heterocycles. The van der Waals surface area contributed by atoms with Gasteiger partial charge in [-0.15, -0.1) is 0 Å². The lowest BCUT2D eigenvalue weighted by atomic mass is 9.89. The molecule has 3 rings (SSSR count). The largest absolute Gasteiger partial charge is 0.453 e. The van der Waals surface area contributed by atoms with E-state index in [4.69, 9.17) is 14.6 Å². The molecule has 0 radical (unpaired) electrons. The van der Waals surface area contributed by atoms with Crippen molar-refractivity contribution in [3.8, 4) is 0 Å². The standard InChI is InChI=1S/C30H33NO8/c1-20-27(23-13-7-4-8-14-23)39-30(37)31(20)29(36)25(19-22-11-5-3-6-12-22)28(38-21(2)33)26(35)17-16-24(34)15-9-10-18-32/h3-8,11-14,16-17,20,25,27-28,32H,9-10,15,18-19H2,1-2H3. The third-order valence-corrected chi connectivity index (χ3v) is 6.45. The number of hydrogen-bond donors (Lipinski definition) is 1. The zero-order valence-corrected chi connectivity index (χ0v) is 22.0. The van der Waals surface area contributed by atoms with Crippen molar-refractivity contribution in [3.05, 3.63) is 83.9 Å². The summed E-state index contributed by atoms with van der Waals surface area (Å²) in [6.45, 7) is 2.75. The predicted octanol–water partition coefficient (Wildman–Crippen LogP) is 3.74. The molecule has 1 fully saturated rings. The van der Waals surface area contributed by atoms with Crippen LogP contribution < -0.4 is 0 Å². The summed E-state index contributed by atoms with van der Waals surface area (Å²) < 4.78 is 10.9. The van der Waals surface area contributed by atoms with E-state index in [0.29, 0.717) is 24.0 Å². The number of aliphatic hydroxyl groups excluding tert-OH is 1. The first-order valence-electron chi connectivity index (χ1n) is 12.9. The fraction of sp³-hybridized carbons (Fsp3) is 0.367. The maximum Gasteiger partial charge on any atom is 0.417 e. The van der Waals surface area contributed by atoms with E-state index in [2.05, 4.69) is 0 Å². The minimum Gasteiger partial charge on any atom is -0.453 e. The second-order valence-electron chi connectivity index (χ2n) is 9.37. The molecule has 0 saturated carbocycles. The van der Waals surface area contributed by atoms with E-state index in [9.17, 15) is 24.0 Å². The molecule has 1 heterocycles. The van der Waals surface area contributed by atoms with Crippen molar-refractivity contribution >= 4 is 29.5 Å². The summed E-state index contributed by atoms with van der Waals surface area (Å²) in [4.78, 5) is 65.3. The lowest BCUT2D eigenvalue weighted by Gasteiger charge is -2.28. The number of nitrogens with zero attached hydrogens (tertiary/aromatic N) is 1. The first kappa shape index (κ1) is 29.4. The normalized spacial score (nSPS) is 18.4. The van der Waals surface area contributed by atoms with Gasteiger partial charge in [0.2, 0.25) is 5.91 Å². The van der Waals surface area contributed by atoms with E-state index in [1.165, 1.54) is 0 Å². The van der Waals surface area contributed by atoms with Crippen LogP contribution in [-0.2, 0) is 35.1 Å². The van der Waals surface area contributed by atoms with Gasteiger partial charge in [0.1, 0.15) is 6.10 Å². The van der Waals surface area contributed by atoms with Gasteiger partial charge in [-0.25, -0.2) is 9.69 Å². The van der Waals surface area contributed by atoms with Crippen LogP contribution in [-0.4, -0.2) is 58.3 Å². The van der Waals surface area contributed by atoms with Gasteiger partial charge < -0.3 is 14.6 Å². The third kappa shape index (κ3) is 7.94. The second-order valence-corrected chi connectivity index (χ2v) is 9.37. The molecule has 1 saturated heterocycles. The molecule has 0 bridgehead atoms. The van der Waals surface area contributed by atoms with Crippen LogP contribution >= 0.6 is 0 Å². The summed E-state index contributed by atoms with van der Waals surface area (Å²) in [5, 5.41) is 8.90. The number of amides is 2. The molecule has 4 unspecified atom stereocenters. The third-order valence-electron chi connectivity index (χ3n) is 6.45. The number of ether oxygens (including phenoxy) is 2. The zero-order valence-electron chi connectivity index (χ0n) is 22.0. The molecule has 2 aromatic carbocycles. The smallest absolute Gasteiger partial charge is 0.417 e. The van der Waals surface area contributed by atoms with Gasteiger partial charge in [0.05, 0.1) is 12.0 Å². The number of esters is 1. The highest BCUT2D eigenvalue weighted by molar-refractivity contribution is 6.04. The molecule has 1 aliphatic rings. The Morgan fingerprint density at radius 2 is 1.64 bits per heavy atom. The Hall–Kier alpha value is -4.11. The fourth-order valence-corrected chi connectivity index (χ4v) is 4.50. The molecule has 39 heavy (non-hydrogen) atoms. The van der Waals surface area contributed by atoms with Crippen molar-refractivity contribution < 1.29 is 38.6 Å². The van der Waals surface area contributed by atoms with Crippen LogP contribution in [0.3, 0.4) is 0 Å². The Balaban J connectivity index is 1.92. The van der Waals surface area contributed by atoms with Crippen molar-refractivity contribution in [2.75, 3.05) is 6.61 Å². The van der Waals surface area contributed by atoms with E-state index >= 15 is 0 Å². The molecular formula is C30H33NO8. The van der Waals surface area contributed by atoms with Crippen molar-refractivity contribution in [2.45, 2.75) is 57.8 Å². The number of ketones is 2. The highest BCUT2D eigenvalue weighted by atomic mass is 16.6. The van der Waals surface area contributed by atoms with Gasteiger partial charge in [-0.2, -0.15) is 0 Å². The fourth-order valence-electron chi connectivity index (χ4n) is 4.50. The minimum atomic E-state index is -1.58. The lowest BCUT2D eigenvalue weighted by molar-refractivity contribution is -0.158. The van der Waals surface area contributed by atoms with Crippen molar-refractivity contribution in [1.29, 1.82) is 0 Å². The number of carbonyl (C=O) groups is 5. The van der Waals surface area contributed by atoms with Crippen molar-refractivity contribution in [3.63, 3.8) is 0 Å². The van der Waals surface area contributed by atoms with Gasteiger partial charge in [0.15, 0.2) is 17.7 Å². The maximum atomic E-state index is 14.0. The molecule has 0 spiro atoms. The molecular weight excluding hydrogens is 502 g/mol. The van der Waals surface area contributed by atoms with Crippen molar-refractivity contribution in [2.24, 2.45) is 5.92 Å². The van der Waals surface area contributed by atoms with Crippen LogP contribution in [0.5, 0.6) is 0 Å². The number of allylic oxidation sites excluding steroid dienone is 1. The van der Waals surface area contributed by atoms with Gasteiger partial charge in [-0.05, 0) is 49.5 Å². The van der Waals surface area contributed by atoms with Gasteiger partial charge in [-0.3, -0.25) is 19.2 Å². The van der Waals surface area contributed by atoms with Crippen LogP contribution in [0.2, 0.25) is 0 Å². The molecule has 0 aliphatic carbocycles. The summed E-state index contributed by atoms with van der Waals surface area (Å²) in [5.74, 6) is -3.87. The first-order chi connectivity index (χ1) is 18.7. The summed E-state index contributed by atoms with van der Waals surface area (Å²) >= 11 is 0. The van der Waals surface area contributed by atoms with Crippen molar-refractivity contribution in [1.82, 2.24) is 4.90 Å². The van der Waals surface area contributed by atoms with E-state index in [1.54, 1.807) is 61.5 Å². The van der Waals surface area contributed by atoms with Gasteiger partial charge in [-0.1, -0.05) is 60.7 Å². The number of hydrogen-bond acceptors (Lipinski definition) is 8.